The van der Waals surface area contributed by atoms with Gasteiger partial charge in [0.25, 0.3) is 0 Å². The van der Waals surface area contributed by atoms with Crippen molar-refractivity contribution in [1.29, 1.82) is 0 Å². The Balaban J connectivity index is 1.52. The van der Waals surface area contributed by atoms with Gasteiger partial charge in [0.1, 0.15) is 12.3 Å². The van der Waals surface area contributed by atoms with Gasteiger partial charge in [0.15, 0.2) is 5.96 Å². The van der Waals surface area contributed by atoms with Gasteiger partial charge in [-0.05, 0) is 38.3 Å². The third-order valence-corrected chi connectivity index (χ3v) is 5.65. The van der Waals surface area contributed by atoms with Gasteiger partial charge in [-0.25, -0.2) is 4.99 Å². The first-order chi connectivity index (χ1) is 14.2. The molecule has 3 rings (SSSR count). The van der Waals surface area contributed by atoms with Crippen LogP contribution in [0, 0.1) is 0 Å². The topological polar surface area (TPSA) is 78.0 Å². The largest absolute Gasteiger partial charge is 0.495 e. The average Bonchev–Trinajstić information content (AvgIpc) is 3.21. The van der Waals surface area contributed by atoms with Gasteiger partial charge in [-0.15, -0.1) is 0 Å². The number of ether oxygens (including phenoxy) is 1. The maximum Gasteiger partial charge on any atom is 0.242 e. The summed E-state index contributed by atoms with van der Waals surface area (Å²) >= 11 is 0. The lowest BCUT2D eigenvalue weighted by Crippen LogP contribution is -2.45. The average molecular weight is 402 g/mol. The van der Waals surface area contributed by atoms with Crippen LogP contribution in [-0.4, -0.2) is 57.2 Å². The number of methoxy groups -OCH3 is 1. The van der Waals surface area contributed by atoms with Gasteiger partial charge in [-0.1, -0.05) is 31.4 Å². The fraction of sp³-hybridized carbons (Fsp3) is 0.636. The molecule has 1 unspecified atom stereocenters. The molecule has 1 aromatic rings. The lowest BCUT2D eigenvalue weighted by atomic mass is 9.95. The van der Waals surface area contributed by atoms with E-state index in [2.05, 4.69) is 31.9 Å². The molecule has 7 heteroatoms. The number of anilines is 1. The summed E-state index contributed by atoms with van der Waals surface area (Å²) in [5, 5.41) is 9.88. The first-order valence-corrected chi connectivity index (χ1v) is 10.9. The monoisotopic (exact) mass is 401 g/mol. The van der Waals surface area contributed by atoms with Crippen molar-refractivity contribution in [1.82, 2.24) is 16.0 Å². The number of hydrogen-bond acceptors (Lipinski definition) is 4. The number of para-hydroxylation sites is 2. The zero-order valence-electron chi connectivity index (χ0n) is 17.7. The van der Waals surface area contributed by atoms with E-state index in [1.54, 1.807) is 7.11 Å². The van der Waals surface area contributed by atoms with Crippen molar-refractivity contribution in [3.63, 3.8) is 0 Å². The molecule has 1 aliphatic carbocycles. The summed E-state index contributed by atoms with van der Waals surface area (Å²) in [5.74, 6) is 1.61. The predicted octanol–water partition coefficient (Wildman–Crippen LogP) is 2.28. The fourth-order valence-corrected chi connectivity index (χ4v) is 4.17. The molecule has 3 N–H and O–H groups in total. The maximum atomic E-state index is 12.3. The summed E-state index contributed by atoms with van der Waals surface area (Å²) < 4.78 is 5.50. The predicted molar refractivity (Wildman–Crippen MR) is 118 cm³/mol. The van der Waals surface area contributed by atoms with Crippen molar-refractivity contribution in [2.45, 2.75) is 57.5 Å². The van der Waals surface area contributed by atoms with Gasteiger partial charge in [-0.3, -0.25) is 4.79 Å². The highest BCUT2D eigenvalue weighted by molar-refractivity contribution is 5.85. The van der Waals surface area contributed by atoms with Crippen LogP contribution in [0.5, 0.6) is 5.75 Å². The minimum absolute atomic E-state index is 0.0103. The van der Waals surface area contributed by atoms with Crippen molar-refractivity contribution in [3.05, 3.63) is 24.3 Å². The molecule has 0 bridgehead atoms. The molecule has 1 heterocycles. The number of guanidine groups is 1. The summed E-state index contributed by atoms with van der Waals surface area (Å²) in [4.78, 5) is 19.1. The Labute approximate surface area is 174 Å². The second-order valence-electron chi connectivity index (χ2n) is 7.85. The van der Waals surface area contributed by atoms with Crippen LogP contribution in [0.2, 0.25) is 0 Å². The third-order valence-electron chi connectivity index (χ3n) is 5.65. The Morgan fingerprint density at radius 1 is 1.14 bits per heavy atom. The van der Waals surface area contributed by atoms with E-state index in [-0.39, 0.29) is 18.5 Å². The molecule has 0 spiro atoms. The molecule has 1 atom stereocenters. The molecule has 1 saturated heterocycles. The van der Waals surface area contributed by atoms with Gasteiger partial charge in [0.2, 0.25) is 5.91 Å². The molecule has 2 fully saturated rings. The van der Waals surface area contributed by atoms with E-state index < -0.39 is 0 Å². The molecule has 1 saturated carbocycles. The number of benzene rings is 1. The Morgan fingerprint density at radius 3 is 2.69 bits per heavy atom. The Kier molecular flexibility index (Phi) is 8.02. The number of nitrogens with one attached hydrogen (secondary N) is 3. The van der Waals surface area contributed by atoms with Crippen molar-refractivity contribution in [2.24, 2.45) is 4.99 Å². The minimum atomic E-state index is 0.0103. The SMILES string of the molecule is CCNC(=NCC(=O)NC1CCCCC1)NC1CCN(c2ccccc2OC)C1. The lowest BCUT2D eigenvalue weighted by molar-refractivity contribution is -0.120. The van der Waals surface area contributed by atoms with Gasteiger partial charge < -0.3 is 25.6 Å². The van der Waals surface area contributed by atoms with Gasteiger partial charge in [-0.2, -0.15) is 0 Å². The second-order valence-corrected chi connectivity index (χ2v) is 7.85. The molecule has 1 amide bonds. The molecule has 7 nitrogen and oxygen atoms in total. The highest BCUT2D eigenvalue weighted by Gasteiger charge is 2.25. The van der Waals surface area contributed by atoms with Crippen molar-refractivity contribution < 1.29 is 9.53 Å². The molecule has 0 radical (unpaired) electrons. The van der Waals surface area contributed by atoms with Gasteiger partial charge >= 0.3 is 0 Å². The molecule has 0 aromatic heterocycles. The van der Waals surface area contributed by atoms with Crippen LogP contribution >= 0.6 is 0 Å². The highest BCUT2D eigenvalue weighted by atomic mass is 16.5. The number of carbonyl (C=O) groups is 1. The first kappa shape index (κ1) is 21.3. The van der Waals surface area contributed by atoms with Crippen molar-refractivity contribution in [3.8, 4) is 5.75 Å². The summed E-state index contributed by atoms with van der Waals surface area (Å²) in [5.41, 5.74) is 1.12. The zero-order chi connectivity index (χ0) is 20.5. The first-order valence-electron chi connectivity index (χ1n) is 10.9. The quantitative estimate of drug-likeness (QED) is 0.483. The van der Waals surface area contributed by atoms with Crippen LogP contribution in [-0.2, 0) is 4.79 Å². The van der Waals surface area contributed by atoms with E-state index in [4.69, 9.17) is 4.74 Å². The molecule has 1 aliphatic heterocycles. The van der Waals surface area contributed by atoms with E-state index in [0.29, 0.717) is 12.0 Å². The number of aliphatic imine (C=N–C) groups is 1. The van der Waals surface area contributed by atoms with E-state index in [9.17, 15) is 4.79 Å². The van der Waals surface area contributed by atoms with Gasteiger partial charge in [0.05, 0.1) is 12.8 Å². The number of hydrogen-bond donors (Lipinski definition) is 3. The normalized spacial score (nSPS) is 20.4. The Bertz CT molecular complexity index is 688. The van der Waals surface area contributed by atoms with Crippen LogP contribution in [0.1, 0.15) is 45.4 Å². The van der Waals surface area contributed by atoms with Crippen LogP contribution in [0.15, 0.2) is 29.3 Å². The molecule has 2 aliphatic rings. The maximum absolute atomic E-state index is 12.3. The summed E-state index contributed by atoms with van der Waals surface area (Å²) in [6.45, 7) is 4.79. The molecule has 29 heavy (non-hydrogen) atoms. The Morgan fingerprint density at radius 2 is 1.93 bits per heavy atom. The number of carbonyl (C=O) groups excluding carboxylic acids is 1. The van der Waals surface area contributed by atoms with Crippen molar-refractivity contribution in [2.75, 3.05) is 38.2 Å². The lowest BCUT2D eigenvalue weighted by Gasteiger charge is -2.23. The molecular formula is C22H35N5O2. The molecule has 1 aromatic carbocycles. The number of amides is 1. The summed E-state index contributed by atoms with van der Waals surface area (Å²) in [6, 6.07) is 8.71. The van der Waals surface area contributed by atoms with E-state index in [1.807, 2.05) is 25.1 Å². The molecule has 160 valence electrons. The van der Waals surface area contributed by atoms with Crippen LogP contribution < -0.4 is 25.6 Å². The Hall–Kier alpha value is -2.44. The number of nitrogens with zero attached hydrogens (tertiary/aromatic N) is 2. The second kappa shape index (κ2) is 10.9. The molecular weight excluding hydrogens is 366 g/mol. The third kappa shape index (κ3) is 6.27. The zero-order valence-corrected chi connectivity index (χ0v) is 17.7. The van der Waals surface area contributed by atoms with Crippen LogP contribution in [0.25, 0.3) is 0 Å². The fourth-order valence-electron chi connectivity index (χ4n) is 4.17. The smallest absolute Gasteiger partial charge is 0.242 e. The number of rotatable bonds is 7. The van der Waals surface area contributed by atoms with Crippen LogP contribution in [0.4, 0.5) is 5.69 Å². The van der Waals surface area contributed by atoms with Gasteiger partial charge in [0, 0.05) is 31.7 Å². The minimum Gasteiger partial charge on any atom is -0.495 e. The van der Waals surface area contributed by atoms with E-state index in [0.717, 1.165) is 50.3 Å². The van der Waals surface area contributed by atoms with Crippen LogP contribution in [0.3, 0.4) is 0 Å². The van der Waals surface area contributed by atoms with Crippen molar-refractivity contribution >= 4 is 17.6 Å². The van der Waals surface area contributed by atoms with E-state index >= 15 is 0 Å². The van der Waals surface area contributed by atoms with E-state index in [1.165, 1.54) is 19.3 Å². The highest BCUT2D eigenvalue weighted by Crippen LogP contribution is 2.30. The standard InChI is InChI=1S/C22H35N5O2/c1-3-23-22(24-15-21(28)25-17-9-5-4-6-10-17)26-18-13-14-27(16-18)19-11-7-8-12-20(19)29-2/h7-8,11-12,17-18H,3-6,9-10,13-16H2,1-2H3,(H,25,28)(H2,23,24,26). The summed E-state index contributed by atoms with van der Waals surface area (Å²) in [7, 11) is 1.71. The summed E-state index contributed by atoms with van der Waals surface area (Å²) in [6.07, 6.45) is 6.90.